The van der Waals surface area contributed by atoms with Gasteiger partial charge in [-0.3, -0.25) is 20.4 Å². The minimum Gasteiger partial charge on any atom is -0.332 e. The van der Waals surface area contributed by atoms with E-state index in [9.17, 15) is 9.18 Å². The fourth-order valence-corrected chi connectivity index (χ4v) is 2.74. The first-order valence-corrected chi connectivity index (χ1v) is 8.51. The van der Waals surface area contributed by atoms with Crippen LogP contribution in [0.4, 0.5) is 15.0 Å². The minimum atomic E-state index is -0.442. The van der Waals surface area contributed by atoms with Gasteiger partial charge < -0.3 is 5.32 Å². The summed E-state index contributed by atoms with van der Waals surface area (Å²) in [4.78, 5) is 24.4. The molecule has 0 aliphatic rings. The molecule has 0 saturated carbocycles. The largest absolute Gasteiger partial charge is 0.332 e. The number of urea groups is 1. The van der Waals surface area contributed by atoms with Crippen molar-refractivity contribution in [2.24, 2.45) is 0 Å². The lowest BCUT2D eigenvalue weighted by atomic mass is 10.1. The molecular weight excluding hydrogens is 361 g/mol. The van der Waals surface area contributed by atoms with E-state index in [-0.39, 0.29) is 6.54 Å². The smallest absolute Gasteiger partial charge is 0.320 e. The standard InChI is InChI=1S/C19H16FN7O/c1-11-6-12(4-5-21-11)18-15-10-23-17(7-16(15)26-27-18)25-19(28)24-9-14-3-2-13(20)8-22-14/h2-8,10H,9H2,1H3,(H,26,27)(H2,23,24,25,28). The van der Waals surface area contributed by atoms with Crippen molar-refractivity contribution in [3.63, 3.8) is 0 Å². The van der Waals surface area contributed by atoms with Crippen LogP contribution in [0.25, 0.3) is 22.2 Å². The zero-order valence-corrected chi connectivity index (χ0v) is 14.9. The highest BCUT2D eigenvalue weighted by Gasteiger charge is 2.11. The van der Waals surface area contributed by atoms with Crippen molar-refractivity contribution in [1.29, 1.82) is 0 Å². The number of rotatable bonds is 4. The second kappa shape index (κ2) is 7.39. The first-order valence-electron chi connectivity index (χ1n) is 8.51. The van der Waals surface area contributed by atoms with Gasteiger partial charge in [-0.2, -0.15) is 5.10 Å². The first-order chi connectivity index (χ1) is 13.6. The summed E-state index contributed by atoms with van der Waals surface area (Å²) in [7, 11) is 0. The summed E-state index contributed by atoms with van der Waals surface area (Å²) in [5.41, 5.74) is 3.89. The molecule has 9 heteroatoms. The highest BCUT2D eigenvalue weighted by atomic mass is 19.1. The number of aromatic nitrogens is 5. The maximum Gasteiger partial charge on any atom is 0.320 e. The van der Waals surface area contributed by atoms with Crippen LogP contribution < -0.4 is 10.6 Å². The molecular formula is C19H16FN7O. The Balaban J connectivity index is 1.46. The van der Waals surface area contributed by atoms with E-state index in [4.69, 9.17) is 0 Å². The predicted octanol–water partition coefficient (Wildman–Crippen LogP) is 3.18. The van der Waals surface area contributed by atoms with Crippen LogP contribution >= 0.6 is 0 Å². The van der Waals surface area contributed by atoms with Gasteiger partial charge >= 0.3 is 6.03 Å². The van der Waals surface area contributed by atoms with E-state index in [1.165, 1.54) is 12.1 Å². The van der Waals surface area contributed by atoms with Gasteiger partial charge in [0.05, 0.1) is 24.0 Å². The Morgan fingerprint density at radius 1 is 1.14 bits per heavy atom. The monoisotopic (exact) mass is 377 g/mol. The molecule has 8 nitrogen and oxygen atoms in total. The summed E-state index contributed by atoms with van der Waals surface area (Å²) in [6, 6.07) is 7.88. The van der Waals surface area contributed by atoms with Crippen molar-refractivity contribution in [1.82, 2.24) is 30.5 Å². The van der Waals surface area contributed by atoms with Crippen LogP contribution in [0.5, 0.6) is 0 Å². The number of H-pyrrole nitrogens is 1. The fourth-order valence-electron chi connectivity index (χ4n) is 2.74. The van der Waals surface area contributed by atoms with Gasteiger partial charge in [0.2, 0.25) is 0 Å². The molecule has 0 spiro atoms. The van der Waals surface area contributed by atoms with Crippen molar-refractivity contribution in [2.75, 3.05) is 5.32 Å². The number of carbonyl (C=O) groups is 1. The Morgan fingerprint density at radius 2 is 2.04 bits per heavy atom. The summed E-state index contributed by atoms with van der Waals surface area (Å²) >= 11 is 0. The molecule has 0 aromatic carbocycles. The molecule has 4 aromatic rings. The number of fused-ring (bicyclic) bond motifs is 1. The highest BCUT2D eigenvalue weighted by Crippen LogP contribution is 2.26. The lowest BCUT2D eigenvalue weighted by Crippen LogP contribution is -2.28. The number of hydrogen-bond acceptors (Lipinski definition) is 5. The summed E-state index contributed by atoms with van der Waals surface area (Å²) in [6.07, 6.45) is 4.49. The van der Waals surface area contributed by atoms with E-state index in [2.05, 4.69) is 35.8 Å². The summed E-state index contributed by atoms with van der Waals surface area (Å²) in [5.74, 6) is -0.0512. The first kappa shape index (κ1) is 17.5. The molecule has 3 N–H and O–H groups in total. The molecule has 4 rings (SSSR count). The molecule has 4 aromatic heterocycles. The number of halogens is 1. The Bertz CT molecular complexity index is 1140. The number of pyridine rings is 3. The van der Waals surface area contributed by atoms with Crippen molar-refractivity contribution in [2.45, 2.75) is 13.5 Å². The fraction of sp³-hybridized carbons (Fsp3) is 0.105. The average Bonchev–Trinajstić information content (AvgIpc) is 3.11. The number of carbonyl (C=O) groups excluding carboxylic acids is 1. The molecule has 4 heterocycles. The van der Waals surface area contributed by atoms with Gasteiger partial charge in [-0.05, 0) is 31.2 Å². The van der Waals surface area contributed by atoms with Gasteiger partial charge in [0.15, 0.2) is 0 Å². The van der Waals surface area contributed by atoms with E-state index in [1.54, 1.807) is 18.5 Å². The zero-order chi connectivity index (χ0) is 19.5. The third kappa shape index (κ3) is 3.78. The molecule has 0 unspecified atom stereocenters. The van der Waals surface area contributed by atoms with Crippen molar-refractivity contribution >= 4 is 22.8 Å². The van der Waals surface area contributed by atoms with Crippen LogP contribution in [0.2, 0.25) is 0 Å². The van der Waals surface area contributed by atoms with Gasteiger partial charge in [-0.15, -0.1) is 0 Å². The van der Waals surface area contributed by atoms with E-state index < -0.39 is 11.8 Å². The Labute approximate surface area is 159 Å². The molecule has 0 saturated heterocycles. The van der Waals surface area contributed by atoms with Gasteiger partial charge in [0, 0.05) is 35.1 Å². The number of hydrogen-bond donors (Lipinski definition) is 3. The van der Waals surface area contributed by atoms with Crippen LogP contribution in [0.15, 0.2) is 48.9 Å². The molecule has 0 radical (unpaired) electrons. The summed E-state index contributed by atoms with van der Waals surface area (Å²) in [6.45, 7) is 2.09. The number of aromatic amines is 1. The van der Waals surface area contributed by atoms with Crippen LogP contribution in [-0.4, -0.2) is 31.2 Å². The second-order valence-corrected chi connectivity index (χ2v) is 6.15. The van der Waals surface area contributed by atoms with Crippen LogP contribution in [0.1, 0.15) is 11.4 Å². The predicted molar refractivity (Wildman–Crippen MR) is 102 cm³/mol. The number of nitrogens with one attached hydrogen (secondary N) is 3. The van der Waals surface area contributed by atoms with Crippen molar-refractivity contribution in [3.8, 4) is 11.3 Å². The lowest BCUT2D eigenvalue weighted by molar-refractivity contribution is 0.251. The molecule has 0 aliphatic carbocycles. The van der Waals surface area contributed by atoms with E-state index in [0.29, 0.717) is 11.5 Å². The molecule has 0 aliphatic heterocycles. The topological polar surface area (TPSA) is 108 Å². The van der Waals surface area contributed by atoms with Crippen molar-refractivity contribution in [3.05, 3.63) is 66.1 Å². The second-order valence-electron chi connectivity index (χ2n) is 6.15. The quantitative estimate of drug-likeness (QED) is 0.506. The Hall–Kier alpha value is -3.88. The van der Waals surface area contributed by atoms with Gasteiger partial charge in [0.1, 0.15) is 17.3 Å². The Morgan fingerprint density at radius 3 is 2.82 bits per heavy atom. The third-order valence-corrected chi connectivity index (χ3v) is 4.08. The van der Waals surface area contributed by atoms with Crippen LogP contribution in [-0.2, 0) is 6.54 Å². The lowest BCUT2D eigenvalue weighted by Gasteiger charge is -2.07. The highest BCUT2D eigenvalue weighted by molar-refractivity contribution is 5.95. The van der Waals surface area contributed by atoms with E-state index in [0.717, 1.165) is 34.1 Å². The maximum absolute atomic E-state index is 12.8. The van der Waals surface area contributed by atoms with E-state index >= 15 is 0 Å². The normalized spacial score (nSPS) is 10.8. The average molecular weight is 377 g/mol. The minimum absolute atomic E-state index is 0.171. The van der Waals surface area contributed by atoms with Crippen LogP contribution in [0.3, 0.4) is 0 Å². The summed E-state index contributed by atoms with van der Waals surface area (Å²) < 4.78 is 12.8. The van der Waals surface area contributed by atoms with Gasteiger partial charge in [-0.25, -0.2) is 14.2 Å². The van der Waals surface area contributed by atoms with Gasteiger partial charge in [0.25, 0.3) is 0 Å². The number of anilines is 1. The third-order valence-electron chi connectivity index (χ3n) is 4.08. The molecule has 0 fully saturated rings. The SMILES string of the molecule is Cc1cc(-c2n[nH]c3cc(NC(=O)NCc4ccc(F)cn4)ncc23)ccn1. The van der Waals surface area contributed by atoms with Crippen LogP contribution in [0, 0.1) is 12.7 Å². The Kier molecular flexibility index (Phi) is 4.63. The van der Waals surface area contributed by atoms with Gasteiger partial charge in [-0.1, -0.05) is 0 Å². The molecule has 0 atom stereocenters. The molecule has 2 amide bonds. The van der Waals surface area contributed by atoms with Crippen molar-refractivity contribution < 1.29 is 9.18 Å². The molecule has 140 valence electrons. The maximum atomic E-state index is 12.8. The molecule has 28 heavy (non-hydrogen) atoms. The number of aryl methyl sites for hydroxylation is 1. The van der Waals surface area contributed by atoms with E-state index in [1.807, 2.05) is 19.1 Å². The number of nitrogens with zero attached hydrogens (tertiary/aromatic N) is 4. The zero-order valence-electron chi connectivity index (χ0n) is 14.9. The number of amides is 2. The summed E-state index contributed by atoms with van der Waals surface area (Å²) in [5, 5.41) is 13.4. The molecule has 0 bridgehead atoms.